The molecule has 1 saturated heterocycles. The van der Waals surface area contributed by atoms with Gasteiger partial charge in [-0.3, -0.25) is 4.79 Å². The second kappa shape index (κ2) is 3.57. The Morgan fingerprint density at radius 2 is 2.20 bits per heavy atom. The number of hydrogen-bond acceptors (Lipinski definition) is 2. The summed E-state index contributed by atoms with van der Waals surface area (Å²) in [5, 5.41) is 9.28. The van der Waals surface area contributed by atoms with E-state index in [2.05, 4.69) is 23.1 Å². The van der Waals surface area contributed by atoms with Gasteiger partial charge in [-0.1, -0.05) is 13.8 Å². The maximum absolute atomic E-state index is 11.9. The standard InChI is InChI=1S/C11H18NO2P/c1-5-8(4-13)6(2)12-10(5)9(7(3)15)11(12)14/h5,7,9-10,13H,4,15H2,1-3H3/t5-,7+,9+,10+/m0/s1. The fraction of sp³-hybridized carbons (Fsp3) is 0.727. The van der Waals surface area contributed by atoms with Gasteiger partial charge in [-0.2, -0.15) is 0 Å². The molecule has 3 nitrogen and oxygen atoms in total. The monoisotopic (exact) mass is 227 g/mol. The molecule has 1 amide bonds. The summed E-state index contributed by atoms with van der Waals surface area (Å²) in [6.07, 6.45) is 0. The van der Waals surface area contributed by atoms with Crippen LogP contribution in [0.5, 0.6) is 0 Å². The number of allylic oxidation sites excluding steroid dienone is 1. The predicted octanol–water partition coefficient (Wildman–Crippen LogP) is 0.993. The van der Waals surface area contributed by atoms with E-state index in [4.69, 9.17) is 0 Å². The number of amides is 1. The zero-order chi connectivity index (χ0) is 11.3. The lowest BCUT2D eigenvalue weighted by molar-refractivity contribution is -0.152. The number of β-lactam (4-membered cyclic amide) rings is 1. The van der Waals surface area contributed by atoms with E-state index in [0.29, 0.717) is 11.6 Å². The van der Waals surface area contributed by atoms with Gasteiger partial charge in [-0.25, -0.2) is 0 Å². The number of aliphatic hydroxyl groups excluding tert-OH is 1. The van der Waals surface area contributed by atoms with E-state index in [1.807, 2.05) is 11.8 Å². The van der Waals surface area contributed by atoms with E-state index in [1.165, 1.54) is 0 Å². The largest absolute Gasteiger partial charge is 0.392 e. The zero-order valence-electron chi connectivity index (χ0n) is 9.40. The van der Waals surface area contributed by atoms with Crippen molar-refractivity contribution in [3.05, 3.63) is 11.3 Å². The van der Waals surface area contributed by atoms with E-state index < -0.39 is 0 Å². The molecular formula is C11H18NO2P. The van der Waals surface area contributed by atoms with Gasteiger partial charge in [0.15, 0.2) is 0 Å². The molecule has 5 atom stereocenters. The topological polar surface area (TPSA) is 40.5 Å². The fourth-order valence-electron chi connectivity index (χ4n) is 2.94. The average molecular weight is 227 g/mol. The van der Waals surface area contributed by atoms with Crippen molar-refractivity contribution in [3.63, 3.8) is 0 Å². The minimum atomic E-state index is 0.0746. The molecule has 0 aromatic carbocycles. The molecule has 1 unspecified atom stereocenters. The van der Waals surface area contributed by atoms with Crippen LogP contribution in [0.15, 0.2) is 11.3 Å². The van der Waals surface area contributed by atoms with Crippen LogP contribution in [0.3, 0.4) is 0 Å². The van der Waals surface area contributed by atoms with E-state index >= 15 is 0 Å². The molecule has 2 heterocycles. The van der Waals surface area contributed by atoms with E-state index in [9.17, 15) is 9.90 Å². The molecule has 0 aromatic rings. The fourth-order valence-corrected chi connectivity index (χ4v) is 3.33. The average Bonchev–Trinajstić information content (AvgIpc) is 2.33. The van der Waals surface area contributed by atoms with Crippen LogP contribution >= 0.6 is 9.24 Å². The Labute approximate surface area is 92.7 Å². The highest BCUT2D eigenvalue weighted by molar-refractivity contribution is 7.17. The third kappa shape index (κ3) is 1.29. The molecule has 2 aliphatic heterocycles. The summed E-state index contributed by atoms with van der Waals surface area (Å²) in [7, 11) is 2.72. The van der Waals surface area contributed by atoms with Crippen LogP contribution in [-0.2, 0) is 4.79 Å². The number of fused-ring (bicyclic) bond motifs is 1. The Morgan fingerprint density at radius 1 is 1.60 bits per heavy atom. The van der Waals surface area contributed by atoms with Crippen LogP contribution in [0.4, 0.5) is 0 Å². The molecular weight excluding hydrogens is 209 g/mol. The Hall–Kier alpha value is -0.400. The molecule has 0 bridgehead atoms. The lowest BCUT2D eigenvalue weighted by Crippen LogP contribution is -2.61. The number of aliphatic hydroxyl groups is 1. The van der Waals surface area contributed by atoms with Crippen LogP contribution in [0, 0.1) is 11.8 Å². The number of rotatable bonds is 2. The van der Waals surface area contributed by atoms with Gasteiger partial charge in [0.2, 0.25) is 5.91 Å². The summed E-state index contributed by atoms with van der Waals surface area (Å²) in [6.45, 7) is 6.17. The molecule has 1 N–H and O–H groups in total. The lowest BCUT2D eigenvalue weighted by Gasteiger charge is -2.47. The van der Waals surface area contributed by atoms with Crippen LogP contribution in [0.25, 0.3) is 0 Å². The summed E-state index contributed by atoms with van der Waals surface area (Å²) in [5.74, 6) is 0.639. The molecule has 2 rings (SSSR count). The van der Waals surface area contributed by atoms with Crippen LogP contribution in [-0.4, -0.2) is 34.2 Å². The summed E-state index contributed by atoms with van der Waals surface area (Å²) in [5.41, 5.74) is 2.32. The zero-order valence-corrected chi connectivity index (χ0v) is 10.6. The highest BCUT2D eigenvalue weighted by Gasteiger charge is 2.56. The predicted molar refractivity (Wildman–Crippen MR) is 62.2 cm³/mol. The Balaban J connectivity index is 2.29. The van der Waals surface area contributed by atoms with Gasteiger partial charge in [0.05, 0.1) is 18.6 Å². The highest BCUT2D eigenvalue weighted by Crippen LogP contribution is 2.47. The first-order valence-electron chi connectivity index (χ1n) is 5.39. The van der Waals surface area contributed by atoms with Gasteiger partial charge in [-0.05, 0) is 18.2 Å². The third-order valence-corrected chi connectivity index (χ3v) is 4.23. The van der Waals surface area contributed by atoms with Crippen molar-refractivity contribution >= 4 is 15.1 Å². The number of carbonyl (C=O) groups is 1. The molecule has 2 aliphatic rings. The van der Waals surface area contributed by atoms with Gasteiger partial charge in [0.25, 0.3) is 0 Å². The lowest BCUT2D eigenvalue weighted by atomic mass is 9.79. The van der Waals surface area contributed by atoms with Gasteiger partial charge >= 0.3 is 0 Å². The number of nitrogens with zero attached hydrogens (tertiary/aromatic N) is 1. The SMILES string of the molecule is CC1=C(CO)[C@H](C)[C@@H]2[C@@H]([C@@H](C)P)C(=O)N12. The smallest absolute Gasteiger partial charge is 0.232 e. The molecule has 0 aromatic heterocycles. The first-order valence-corrected chi connectivity index (χ1v) is 6.06. The third-order valence-electron chi connectivity index (χ3n) is 3.81. The molecule has 0 aliphatic carbocycles. The summed E-state index contributed by atoms with van der Waals surface area (Å²) >= 11 is 0. The quantitative estimate of drug-likeness (QED) is 0.564. The van der Waals surface area contributed by atoms with Crippen molar-refractivity contribution in [2.24, 2.45) is 11.8 Å². The van der Waals surface area contributed by atoms with Crippen molar-refractivity contribution in [1.82, 2.24) is 4.90 Å². The molecule has 0 spiro atoms. The number of hydrogen-bond donors (Lipinski definition) is 1. The Bertz CT molecular complexity index is 337. The van der Waals surface area contributed by atoms with Crippen molar-refractivity contribution < 1.29 is 9.90 Å². The van der Waals surface area contributed by atoms with Crippen LogP contribution in [0.1, 0.15) is 20.8 Å². The summed E-state index contributed by atoms with van der Waals surface area (Å²) in [6, 6.07) is 0.284. The summed E-state index contributed by atoms with van der Waals surface area (Å²) < 4.78 is 0. The van der Waals surface area contributed by atoms with E-state index in [-0.39, 0.29) is 24.5 Å². The molecule has 0 radical (unpaired) electrons. The van der Waals surface area contributed by atoms with Crippen molar-refractivity contribution in [2.45, 2.75) is 32.5 Å². The van der Waals surface area contributed by atoms with Gasteiger partial charge in [0, 0.05) is 11.6 Å². The van der Waals surface area contributed by atoms with Crippen LogP contribution < -0.4 is 0 Å². The van der Waals surface area contributed by atoms with Crippen molar-refractivity contribution in [1.29, 1.82) is 0 Å². The minimum Gasteiger partial charge on any atom is -0.392 e. The molecule has 84 valence electrons. The Morgan fingerprint density at radius 3 is 2.67 bits per heavy atom. The van der Waals surface area contributed by atoms with Gasteiger partial charge in [0.1, 0.15) is 0 Å². The highest BCUT2D eigenvalue weighted by atomic mass is 31.0. The first-order chi connectivity index (χ1) is 7.00. The molecule has 0 saturated carbocycles. The second-order valence-corrected chi connectivity index (χ2v) is 5.69. The molecule has 4 heteroatoms. The van der Waals surface area contributed by atoms with E-state index in [0.717, 1.165) is 11.3 Å². The van der Waals surface area contributed by atoms with Gasteiger partial charge < -0.3 is 10.0 Å². The van der Waals surface area contributed by atoms with Crippen molar-refractivity contribution in [2.75, 3.05) is 6.61 Å². The summed E-state index contributed by atoms with van der Waals surface area (Å²) in [4.78, 5) is 13.8. The maximum Gasteiger partial charge on any atom is 0.232 e. The Kier molecular flexibility index (Phi) is 2.64. The maximum atomic E-state index is 11.9. The van der Waals surface area contributed by atoms with Crippen LogP contribution in [0.2, 0.25) is 0 Å². The van der Waals surface area contributed by atoms with Crippen molar-refractivity contribution in [3.8, 4) is 0 Å². The first kappa shape index (κ1) is 11.1. The normalized spacial score (nSPS) is 36.7. The number of carbonyl (C=O) groups excluding carboxylic acids is 1. The minimum absolute atomic E-state index is 0.0746. The van der Waals surface area contributed by atoms with Gasteiger partial charge in [-0.15, -0.1) is 9.24 Å². The molecule has 15 heavy (non-hydrogen) atoms. The second-order valence-electron chi connectivity index (χ2n) is 4.64. The molecule has 1 fully saturated rings. The van der Waals surface area contributed by atoms with E-state index in [1.54, 1.807) is 0 Å².